The Morgan fingerprint density at radius 3 is 2.60 bits per heavy atom. The first-order chi connectivity index (χ1) is 9.35. The van der Waals surface area contributed by atoms with E-state index in [9.17, 15) is 4.79 Å². The lowest BCUT2D eigenvalue weighted by Crippen LogP contribution is -2.34. The summed E-state index contributed by atoms with van der Waals surface area (Å²) in [6.45, 7) is 9.38. The van der Waals surface area contributed by atoms with Gasteiger partial charge < -0.3 is 5.32 Å². The van der Waals surface area contributed by atoms with E-state index in [4.69, 9.17) is 0 Å². The SMILES string of the molecule is CCCCCC(C)(C)CNC(=O)c1ccc(C)cc1Br. The van der Waals surface area contributed by atoms with Gasteiger partial charge in [0.1, 0.15) is 0 Å². The Hall–Kier alpha value is -0.830. The molecule has 2 nitrogen and oxygen atoms in total. The number of halogens is 1. The third-order valence-corrected chi connectivity index (χ3v) is 4.21. The van der Waals surface area contributed by atoms with Crippen LogP contribution in [0.1, 0.15) is 62.4 Å². The van der Waals surface area contributed by atoms with Crippen molar-refractivity contribution in [2.45, 2.75) is 53.4 Å². The quantitative estimate of drug-likeness (QED) is 0.688. The molecule has 1 N–H and O–H groups in total. The molecule has 1 rings (SSSR count). The number of carbonyl (C=O) groups excluding carboxylic acids is 1. The van der Waals surface area contributed by atoms with Crippen molar-refractivity contribution >= 4 is 21.8 Å². The summed E-state index contributed by atoms with van der Waals surface area (Å²) in [5, 5.41) is 3.06. The van der Waals surface area contributed by atoms with Crippen molar-refractivity contribution in [1.82, 2.24) is 5.32 Å². The van der Waals surface area contributed by atoms with Crippen LogP contribution in [-0.4, -0.2) is 12.5 Å². The fourth-order valence-corrected chi connectivity index (χ4v) is 2.83. The highest BCUT2D eigenvalue weighted by Gasteiger charge is 2.19. The maximum absolute atomic E-state index is 12.2. The Morgan fingerprint density at radius 1 is 1.30 bits per heavy atom. The zero-order chi connectivity index (χ0) is 15.2. The van der Waals surface area contributed by atoms with E-state index in [0.717, 1.165) is 23.0 Å². The summed E-state index contributed by atoms with van der Waals surface area (Å²) in [5.41, 5.74) is 2.01. The zero-order valence-electron chi connectivity index (χ0n) is 13.1. The fraction of sp³-hybridized carbons (Fsp3) is 0.588. The minimum atomic E-state index is 0.000409. The molecule has 0 saturated heterocycles. The summed E-state index contributed by atoms with van der Waals surface area (Å²) in [7, 11) is 0. The van der Waals surface area contributed by atoms with Crippen LogP contribution in [0.25, 0.3) is 0 Å². The van der Waals surface area contributed by atoms with Gasteiger partial charge in [-0.15, -0.1) is 0 Å². The molecule has 0 atom stereocenters. The Balaban J connectivity index is 2.54. The summed E-state index contributed by atoms with van der Waals surface area (Å²) < 4.78 is 0.860. The van der Waals surface area contributed by atoms with E-state index in [1.54, 1.807) is 0 Å². The van der Waals surface area contributed by atoms with E-state index in [-0.39, 0.29) is 11.3 Å². The van der Waals surface area contributed by atoms with E-state index in [2.05, 4.69) is 42.0 Å². The smallest absolute Gasteiger partial charge is 0.252 e. The van der Waals surface area contributed by atoms with Crippen LogP contribution >= 0.6 is 15.9 Å². The van der Waals surface area contributed by atoms with Gasteiger partial charge in [-0.25, -0.2) is 0 Å². The molecule has 0 aliphatic rings. The topological polar surface area (TPSA) is 29.1 Å². The van der Waals surface area contributed by atoms with Crippen LogP contribution in [0.2, 0.25) is 0 Å². The van der Waals surface area contributed by atoms with E-state index in [1.165, 1.54) is 19.3 Å². The molecule has 0 aliphatic carbocycles. The number of hydrogen-bond acceptors (Lipinski definition) is 1. The number of unbranched alkanes of at least 4 members (excludes halogenated alkanes) is 2. The number of hydrogen-bond donors (Lipinski definition) is 1. The lowest BCUT2D eigenvalue weighted by molar-refractivity contribution is 0.0933. The summed E-state index contributed by atoms with van der Waals surface area (Å²) in [5.74, 6) is 0.000409. The highest BCUT2D eigenvalue weighted by Crippen LogP contribution is 2.23. The number of rotatable bonds is 7. The first kappa shape index (κ1) is 17.2. The first-order valence-electron chi connectivity index (χ1n) is 7.40. The molecule has 1 amide bonds. The van der Waals surface area contributed by atoms with Gasteiger partial charge in [0, 0.05) is 11.0 Å². The minimum absolute atomic E-state index is 0.000409. The monoisotopic (exact) mass is 339 g/mol. The van der Waals surface area contributed by atoms with Gasteiger partial charge in [-0.2, -0.15) is 0 Å². The Labute approximate surface area is 131 Å². The van der Waals surface area contributed by atoms with Gasteiger partial charge in [-0.1, -0.05) is 46.1 Å². The molecule has 0 fully saturated rings. The van der Waals surface area contributed by atoms with Crippen molar-refractivity contribution in [1.29, 1.82) is 0 Å². The standard InChI is InChI=1S/C17H26BrNO/c1-5-6-7-10-17(3,4)12-19-16(20)14-9-8-13(2)11-15(14)18/h8-9,11H,5-7,10,12H2,1-4H3,(H,19,20). The van der Waals surface area contributed by atoms with Gasteiger partial charge >= 0.3 is 0 Å². The van der Waals surface area contributed by atoms with Crippen LogP contribution in [-0.2, 0) is 0 Å². The second kappa shape index (κ2) is 7.82. The molecule has 1 aromatic rings. The molecule has 0 spiro atoms. The normalized spacial score (nSPS) is 11.4. The van der Waals surface area contributed by atoms with Crippen molar-refractivity contribution < 1.29 is 4.79 Å². The van der Waals surface area contributed by atoms with Crippen molar-refractivity contribution in [3.05, 3.63) is 33.8 Å². The number of carbonyl (C=O) groups is 1. The number of benzene rings is 1. The fourth-order valence-electron chi connectivity index (χ4n) is 2.16. The van der Waals surface area contributed by atoms with Crippen molar-refractivity contribution in [2.24, 2.45) is 5.41 Å². The summed E-state index contributed by atoms with van der Waals surface area (Å²) >= 11 is 3.46. The third-order valence-electron chi connectivity index (χ3n) is 3.55. The lowest BCUT2D eigenvalue weighted by atomic mass is 9.87. The molecular weight excluding hydrogens is 314 g/mol. The zero-order valence-corrected chi connectivity index (χ0v) is 14.6. The third kappa shape index (κ3) is 5.66. The Kier molecular flexibility index (Phi) is 6.74. The van der Waals surface area contributed by atoms with Gasteiger partial charge in [-0.3, -0.25) is 4.79 Å². The number of aryl methyl sites for hydroxylation is 1. The van der Waals surface area contributed by atoms with Crippen molar-refractivity contribution in [3.8, 4) is 0 Å². The van der Waals surface area contributed by atoms with Gasteiger partial charge in [0.25, 0.3) is 5.91 Å². The predicted molar refractivity (Wildman–Crippen MR) is 89.1 cm³/mol. The van der Waals surface area contributed by atoms with E-state index in [1.807, 2.05) is 25.1 Å². The average Bonchev–Trinajstić information content (AvgIpc) is 2.36. The van der Waals surface area contributed by atoms with Crippen LogP contribution in [0.4, 0.5) is 0 Å². The van der Waals surface area contributed by atoms with Crippen LogP contribution in [0.3, 0.4) is 0 Å². The summed E-state index contributed by atoms with van der Waals surface area (Å²) in [4.78, 5) is 12.2. The molecule has 0 bridgehead atoms. The molecule has 0 aliphatic heterocycles. The van der Waals surface area contributed by atoms with Gasteiger partial charge in [0.05, 0.1) is 5.56 Å². The second-order valence-corrected chi connectivity index (χ2v) is 7.14. The van der Waals surface area contributed by atoms with E-state index >= 15 is 0 Å². The van der Waals surface area contributed by atoms with Crippen LogP contribution in [0.15, 0.2) is 22.7 Å². The summed E-state index contributed by atoms with van der Waals surface area (Å²) in [6, 6.07) is 5.81. The molecule has 0 radical (unpaired) electrons. The van der Waals surface area contributed by atoms with Crippen molar-refractivity contribution in [3.63, 3.8) is 0 Å². The molecule has 0 unspecified atom stereocenters. The molecule has 0 saturated carbocycles. The lowest BCUT2D eigenvalue weighted by Gasteiger charge is -2.25. The summed E-state index contributed by atoms with van der Waals surface area (Å²) in [6.07, 6.45) is 4.88. The Morgan fingerprint density at radius 2 is 2.00 bits per heavy atom. The van der Waals surface area contributed by atoms with E-state index in [0.29, 0.717) is 5.56 Å². The Bertz CT molecular complexity index is 454. The molecular formula is C17H26BrNO. The van der Waals surface area contributed by atoms with Gasteiger partial charge in [0.15, 0.2) is 0 Å². The highest BCUT2D eigenvalue weighted by atomic mass is 79.9. The molecule has 1 aromatic carbocycles. The average molecular weight is 340 g/mol. The molecule has 0 aromatic heterocycles. The van der Waals surface area contributed by atoms with Crippen LogP contribution in [0.5, 0.6) is 0 Å². The molecule has 0 heterocycles. The van der Waals surface area contributed by atoms with Gasteiger partial charge in [0.2, 0.25) is 0 Å². The number of amides is 1. The van der Waals surface area contributed by atoms with Crippen LogP contribution in [0, 0.1) is 12.3 Å². The first-order valence-corrected chi connectivity index (χ1v) is 8.19. The maximum atomic E-state index is 12.2. The predicted octanol–water partition coefficient (Wildman–Crippen LogP) is 5.09. The largest absolute Gasteiger partial charge is 0.351 e. The van der Waals surface area contributed by atoms with Crippen LogP contribution < -0.4 is 5.32 Å². The second-order valence-electron chi connectivity index (χ2n) is 6.29. The van der Waals surface area contributed by atoms with E-state index < -0.39 is 0 Å². The molecule has 112 valence electrons. The van der Waals surface area contributed by atoms with Crippen molar-refractivity contribution in [2.75, 3.05) is 6.54 Å². The van der Waals surface area contributed by atoms with Gasteiger partial charge in [-0.05, 0) is 52.4 Å². The molecule has 20 heavy (non-hydrogen) atoms. The number of nitrogens with one attached hydrogen (secondary N) is 1. The minimum Gasteiger partial charge on any atom is -0.351 e. The maximum Gasteiger partial charge on any atom is 0.252 e. The molecule has 3 heteroatoms. The highest BCUT2D eigenvalue weighted by molar-refractivity contribution is 9.10.